The van der Waals surface area contributed by atoms with Crippen molar-refractivity contribution < 1.29 is 104 Å². The molecular formula is C33H34BrClN6O22S3. The second-order valence-electron chi connectivity index (χ2n) is 11.5. The molecule has 6 aromatic rings. The van der Waals surface area contributed by atoms with Crippen molar-refractivity contribution in [2.75, 3.05) is 18.8 Å². The quantitative estimate of drug-likeness (QED) is 0.0721. The molecule has 0 aliphatic heterocycles. The molecule has 0 radical (unpaired) electrons. The van der Waals surface area contributed by atoms with Crippen molar-refractivity contribution in [3.8, 4) is 0 Å². The largest absolute Gasteiger partial charge is 0.476 e. The average Bonchev–Trinajstić information content (AvgIpc) is 4.10. The van der Waals surface area contributed by atoms with Crippen LogP contribution in [0, 0.1) is 0 Å². The fraction of sp³-hybridized carbons (Fsp3) is 0.273. The number of halogens is 2. The van der Waals surface area contributed by atoms with E-state index < -0.39 is 56.5 Å². The monoisotopic (exact) mass is 1080 g/mol. The molecule has 28 nitrogen and oxygen atoms in total. The lowest BCUT2D eigenvalue weighted by Crippen LogP contribution is -1.99. The highest BCUT2D eigenvalue weighted by Gasteiger charge is 2.15. The van der Waals surface area contributed by atoms with Gasteiger partial charge in [0.15, 0.2) is 61.3 Å². The van der Waals surface area contributed by atoms with Crippen LogP contribution in [0.2, 0.25) is 0 Å². The van der Waals surface area contributed by atoms with Gasteiger partial charge >= 0.3 is 35.8 Å². The molecule has 0 amide bonds. The summed E-state index contributed by atoms with van der Waals surface area (Å²) in [5, 5.41) is 78.6. The number of rotatable bonds is 15. The maximum Gasteiger partial charge on any atom is 0.358 e. The fourth-order valence-corrected chi connectivity index (χ4v) is 5.49. The Balaban J connectivity index is 0.000000397. The van der Waals surface area contributed by atoms with E-state index in [1.54, 1.807) is 11.8 Å². The maximum absolute atomic E-state index is 10.7. The molecule has 0 aliphatic rings. The Bertz CT molecular complexity index is 2530. The third-order valence-corrected chi connectivity index (χ3v) is 9.01. The zero-order valence-corrected chi connectivity index (χ0v) is 38.4. The first-order valence-corrected chi connectivity index (χ1v) is 23.6. The number of aliphatic hydroxyl groups excluding tert-OH is 1. The summed E-state index contributed by atoms with van der Waals surface area (Å²) in [5.74, 6) is -4.18. The summed E-state index contributed by atoms with van der Waals surface area (Å²) in [6.45, 7) is -0.333. The number of alkyl halides is 2. The standard InChI is InChI=1S/C6H7NO5S.C6H7NO4S.C6H7NO3S.C5H4BrNO3.C5H4ClNO3.C5H5NO4/c1-13(10,11)3-4-2-5(6(8)9)7-12-4;1-12(10)3-4-2-5(6(8)9)7-11-4;1-11-3-4-2-5(6(8)9)7-10-4;2*6-2-3-1-4(5(8)9)7-10-3;7-2-3-1-4(5(8)9)6-10-3/h2H,3H2,1H3,(H,8,9);2H,3H2,1H3,(H,8,9);2H,3H2,1H3,(H,8,9);2*1H,2H2,(H,8,9);1,7H,2H2,(H,8,9). The molecule has 1 unspecified atom stereocenters. The summed E-state index contributed by atoms with van der Waals surface area (Å²) in [5.41, 5.74) is -0.850. The number of carboxylic acid groups (broad SMARTS) is 6. The van der Waals surface area contributed by atoms with Crippen LogP contribution in [-0.4, -0.2) is 134 Å². The lowest BCUT2D eigenvalue weighted by atomic mass is 10.4. The topological polar surface area (TPSA) is 451 Å². The van der Waals surface area contributed by atoms with Gasteiger partial charge in [0.25, 0.3) is 0 Å². The first-order valence-electron chi connectivity index (χ1n) is 16.8. The molecule has 33 heteroatoms. The molecule has 360 valence electrons. The molecule has 1 atom stereocenters. The molecule has 0 bridgehead atoms. The molecular weight excluding hydrogens is 1040 g/mol. The van der Waals surface area contributed by atoms with Crippen LogP contribution in [0.25, 0.3) is 0 Å². The number of carbonyl (C=O) groups is 6. The summed E-state index contributed by atoms with van der Waals surface area (Å²) < 4.78 is 59.5. The van der Waals surface area contributed by atoms with Gasteiger partial charge in [0, 0.05) is 59.7 Å². The van der Waals surface area contributed by atoms with E-state index in [1.807, 2.05) is 6.26 Å². The Morgan fingerprint density at radius 2 is 0.894 bits per heavy atom. The number of thioether (sulfide) groups is 1. The number of aromatic nitrogens is 6. The van der Waals surface area contributed by atoms with E-state index in [4.69, 9.17) is 51.9 Å². The second-order valence-corrected chi connectivity index (χ2v) is 16.8. The van der Waals surface area contributed by atoms with E-state index in [9.17, 15) is 41.4 Å². The molecule has 6 heterocycles. The average molecular weight is 1080 g/mol. The Morgan fingerprint density at radius 3 is 1.18 bits per heavy atom. The Labute approximate surface area is 388 Å². The van der Waals surface area contributed by atoms with E-state index in [1.165, 1.54) is 36.6 Å². The molecule has 0 spiro atoms. The van der Waals surface area contributed by atoms with Gasteiger partial charge in [0.2, 0.25) is 0 Å². The van der Waals surface area contributed by atoms with Crippen LogP contribution in [0.5, 0.6) is 0 Å². The number of aromatic carboxylic acids is 6. The van der Waals surface area contributed by atoms with Crippen LogP contribution in [0.3, 0.4) is 0 Å². The zero-order valence-electron chi connectivity index (χ0n) is 33.6. The van der Waals surface area contributed by atoms with Gasteiger partial charge in [-0.1, -0.05) is 46.9 Å². The van der Waals surface area contributed by atoms with Crippen LogP contribution in [0.1, 0.15) is 97.5 Å². The number of nitrogens with zero attached hydrogens (tertiary/aromatic N) is 6. The first kappa shape index (κ1) is 57.3. The van der Waals surface area contributed by atoms with Gasteiger partial charge in [0.1, 0.15) is 29.6 Å². The molecule has 6 aromatic heterocycles. The highest BCUT2D eigenvalue weighted by molar-refractivity contribution is 9.08. The lowest BCUT2D eigenvalue weighted by molar-refractivity contribution is 0.0674. The van der Waals surface area contributed by atoms with Crippen molar-refractivity contribution in [2.45, 2.75) is 35.1 Å². The summed E-state index contributed by atoms with van der Waals surface area (Å²) in [6.07, 6.45) is 4.43. The second kappa shape index (κ2) is 28.9. The van der Waals surface area contributed by atoms with E-state index in [0.29, 0.717) is 34.1 Å². The lowest BCUT2D eigenvalue weighted by Gasteiger charge is -1.89. The minimum Gasteiger partial charge on any atom is -0.476 e. The van der Waals surface area contributed by atoms with Gasteiger partial charge in [-0.2, -0.15) is 11.8 Å². The minimum absolute atomic E-state index is 0.0277. The van der Waals surface area contributed by atoms with Crippen molar-refractivity contribution in [2.24, 2.45) is 0 Å². The number of aliphatic hydroxyl groups is 1. The maximum atomic E-state index is 10.7. The Morgan fingerprint density at radius 1 is 0.591 bits per heavy atom. The zero-order chi connectivity index (χ0) is 50.1. The number of hydrogen-bond donors (Lipinski definition) is 7. The van der Waals surface area contributed by atoms with E-state index in [2.05, 4.69) is 69.5 Å². The molecule has 6 rings (SSSR count). The summed E-state index contributed by atoms with van der Waals surface area (Å²) in [7, 11) is -4.26. The normalized spacial score (nSPS) is 10.6. The van der Waals surface area contributed by atoms with Gasteiger partial charge in [-0.3, -0.25) is 4.21 Å². The summed E-state index contributed by atoms with van der Waals surface area (Å²) in [6, 6.07) is 7.61. The van der Waals surface area contributed by atoms with Gasteiger partial charge in [-0.25, -0.2) is 37.2 Å². The van der Waals surface area contributed by atoms with Gasteiger partial charge in [-0.05, 0) is 6.26 Å². The Hall–Kier alpha value is -6.74. The Kier molecular flexibility index (Phi) is 25.1. The highest BCUT2D eigenvalue weighted by Crippen LogP contribution is 2.11. The number of hydrogen-bond acceptors (Lipinski definition) is 23. The number of carboxylic acids is 6. The summed E-state index contributed by atoms with van der Waals surface area (Å²) in [4.78, 5) is 61.4. The predicted octanol–water partition coefficient (Wildman–Crippen LogP) is 3.65. The molecule has 0 aliphatic carbocycles. The first-order chi connectivity index (χ1) is 30.9. The van der Waals surface area contributed by atoms with Gasteiger partial charge < -0.3 is 62.9 Å². The van der Waals surface area contributed by atoms with Crippen molar-refractivity contribution in [1.29, 1.82) is 0 Å². The van der Waals surface area contributed by atoms with Crippen LogP contribution in [0.15, 0.2) is 63.5 Å². The summed E-state index contributed by atoms with van der Waals surface area (Å²) >= 11 is 9.96. The van der Waals surface area contributed by atoms with Crippen LogP contribution in [-0.2, 0) is 55.7 Å². The SMILES string of the molecule is CS(=O)(=O)Cc1cc(C(=O)O)no1.CS(=O)Cc1cc(C(=O)O)no1.CSCc1cc(C(=O)O)no1.O=C(O)c1cc(CBr)on1.O=C(O)c1cc(CCl)on1.O=C(O)c1cc(CO)on1. The smallest absolute Gasteiger partial charge is 0.358 e. The van der Waals surface area contributed by atoms with E-state index in [0.717, 1.165) is 12.3 Å². The van der Waals surface area contributed by atoms with Crippen molar-refractivity contribution in [1.82, 2.24) is 30.9 Å². The van der Waals surface area contributed by atoms with Gasteiger partial charge in [-0.15, -0.1) is 11.6 Å². The van der Waals surface area contributed by atoms with Crippen molar-refractivity contribution in [3.63, 3.8) is 0 Å². The van der Waals surface area contributed by atoms with Crippen LogP contribution < -0.4 is 0 Å². The molecule has 66 heavy (non-hydrogen) atoms. The molecule has 7 N–H and O–H groups in total. The molecule has 0 aromatic carbocycles. The fourth-order valence-electron chi connectivity index (χ4n) is 3.49. The molecule has 0 saturated heterocycles. The molecule has 0 saturated carbocycles. The third kappa shape index (κ3) is 22.7. The number of sulfone groups is 1. The predicted molar refractivity (Wildman–Crippen MR) is 222 cm³/mol. The van der Waals surface area contributed by atoms with E-state index in [-0.39, 0.29) is 69.7 Å². The van der Waals surface area contributed by atoms with Crippen molar-refractivity contribution >= 4 is 95.7 Å². The van der Waals surface area contributed by atoms with Gasteiger partial charge in [0.05, 0.1) is 22.7 Å². The third-order valence-electron chi connectivity index (χ3n) is 6.12. The van der Waals surface area contributed by atoms with Crippen molar-refractivity contribution in [3.05, 3.63) is 105 Å². The van der Waals surface area contributed by atoms with Crippen LogP contribution in [0.4, 0.5) is 0 Å². The minimum atomic E-state index is -3.22. The molecule has 0 fully saturated rings. The van der Waals surface area contributed by atoms with E-state index >= 15 is 0 Å². The highest BCUT2D eigenvalue weighted by atomic mass is 79.9. The van der Waals surface area contributed by atoms with Crippen LogP contribution >= 0.6 is 39.3 Å².